The summed E-state index contributed by atoms with van der Waals surface area (Å²) in [4.78, 5) is 24.8. The van der Waals surface area contributed by atoms with E-state index in [4.69, 9.17) is 5.11 Å². The van der Waals surface area contributed by atoms with Gasteiger partial charge in [-0.2, -0.15) is 0 Å². The Balaban J connectivity index is 0.00000220. The molecular formula is C15H21ClN2O3. The molecule has 0 aromatic heterocycles. The van der Waals surface area contributed by atoms with Crippen LogP contribution < -0.4 is 5.32 Å². The number of nitrogens with zero attached hydrogens (tertiary/aromatic N) is 1. The van der Waals surface area contributed by atoms with Crippen LogP contribution in [0.3, 0.4) is 0 Å². The summed E-state index contributed by atoms with van der Waals surface area (Å²) in [5.41, 5.74) is 1.04. The zero-order chi connectivity index (χ0) is 14.4. The summed E-state index contributed by atoms with van der Waals surface area (Å²) in [6, 6.07) is 9.14. The number of rotatable bonds is 5. The number of piperidine rings is 1. The van der Waals surface area contributed by atoms with Crippen LogP contribution in [0.15, 0.2) is 30.3 Å². The fourth-order valence-electron chi connectivity index (χ4n) is 2.50. The van der Waals surface area contributed by atoms with Gasteiger partial charge >= 0.3 is 5.97 Å². The van der Waals surface area contributed by atoms with Gasteiger partial charge in [0.05, 0.1) is 6.54 Å². The lowest BCUT2D eigenvalue weighted by atomic mass is 10.0. The Hall–Kier alpha value is -1.59. The predicted octanol–water partition coefficient (Wildman–Crippen LogP) is 1.66. The van der Waals surface area contributed by atoms with Crippen molar-refractivity contribution in [1.82, 2.24) is 10.2 Å². The molecule has 1 atom stereocenters. The van der Waals surface area contributed by atoms with Gasteiger partial charge in [0.1, 0.15) is 6.04 Å². The number of benzene rings is 1. The maximum absolute atomic E-state index is 11.9. The lowest BCUT2D eigenvalue weighted by Crippen LogP contribution is -2.48. The molecule has 0 radical (unpaired) electrons. The van der Waals surface area contributed by atoms with E-state index < -0.39 is 12.0 Å². The summed E-state index contributed by atoms with van der Waals surface area (Å²) in [6.45, 7) is 1.31. The van der Waals surface area contributed by atoms with Crippen molar-refractivity contribution < 1.29 is 14.7 Å². The molecule has 1 fully saturated rings. The van der Waals surface area contributed by atoms with Gasteiger partial charge < -0.3 is 10.4 Å². The summed E-state index contributed by atoms with van der Waals surface area (Å²) in [7, 11) is 0. The average Bonchev–Trinajstić information content (AvgIpc) is 2.46. The molecule has 2 rings (SSSR count). The van der Waals surface area contributed by atoms with E-state index in [1.807, 2.05) is 30.3 Å². The van der Waals surface area contributed by atoms with Crippen LogP contribution in [0.2, 0.25) is 0 Å². The maximum atomic E-state index is 11.9. The number of halogens is 1. The second-order valence-electron chi connectivity index (χ2n) is 5.08. The fraction of sp³-hybridized carbons (Fsp3) is 0.467. The first-order valence-electron chi connectivity index (χ1n) is 6.94. The molecule has 1 aliphatic heterocycles. The minimum atomic E-state index is -0.833. The molecule has 0 aliphatic carbocycles. The van der Waals surface area contributed by atoms with Gasteiger partial charge in [-0.1, -0.05) is 36.8 Å². The lowest BCUT2D eigenvalue weighted by molar-refractivity contribution is -0.145. The van der Waals surface area contributed by atoms with Gasteiger partial charge in [-0.25, -0.2) is 0 Å². The SMILES string of the molecule is Cl.O=C(CN1CCCCC1C(=O)O)NCc1ccccc1. The smallest absolute Gasteiger partial charge is 0.320 e. The number of nitrogens with one attached hydrogen (secondary N) is 1. The molecule has 21 heavy (non-hydrogen) atoms. The molecule has 1 aromatic rings. The number of likely N-dealkylation sites (tertiary alicyclic amines) is 1. The third-order valence-electron chi connectivity index (χ3n) is 3.58. The summed E-state index contributed by atoms with van der Waals surface area (Å²) < 4.78 is 0. The largest absolute Gasteiger partial charge is 0.480 e. The third-order valence-corrected chi connectivity index (χ3v) is 3.58. The first-order chi connectivity index (χ1) is 9.66. The molecule has 1 heterocycles. The second-order valence-corrected chi connectivity index (χ2v) is 5.08. The van der Waals surface area contributed by atoms with Crippen molar-refractivity contribution in [1.29, 1.82) is 0 Å². The average molecular weight is 313 g/mol. The highest BCUT2D eigenvalue weighted by Crippen LogP contribution is 2.16. The molecule has 1 unspecified atom stereocenters. The van der Waals surface area contributed by atoms with Crippen molar-refractivity contribution in [3.8, 4) is 0 Å². The molecule has 6 heteroatoms. The van der Waals surface area contributed by atoms with Gasteiger partial charge in [0.25, 0.3) is 0 Å². The summed E-state index contributed by atoms with van der Waals surface area (Å²) in [6.07, 6.45) is 2.50. The highest BCUT2D eigenvalue weighted by Gasteiger charge is 2.29. The number of carboxylic acids is 1. The normalized spacial score (nSPS) is 18.6. The summed E-state index contributed by atoms with van der Waals surface area (Å²) >= 11 is 0. The highest BCUT2D eigenvalue weighted by atomic mass is 35.5. The van der Waals surface area contributed by atoms with Crippen molar-refractivity contribution in [2.24, 2.45) is 0 Å². The van der Waals surface area contributed by atoms with Gasteiger partial charge in [-0.15, -0.1) is 12.4 Å². The van der Waals surface area contributed by atoms with E-state index in [0.717, 1.165) is 18.4 Å². The number of carbonyl (C=O) groups is 2. The van der Waals surface area contributed by atoms with Crippen LogP contribution in [-0.4, -0.2) is 41.0 Å². The molecule has 1 aromatic carbocycles. The molecule has 5 nitrogen and oxygen atoms in total. The maximum Gasteiger partial charge on any atom is 0.320 e. The number of amides is 1. The molecular weight excluding hydrogens is 292 g/mol. The lowest BCUT2D eigenvalue weighted by Gasteiger charge is -2.32. The van der Waals surface area contributed by atoms with Crippen LogP contribution in [0.4, 0.5) is 0 Å². The number of aliphatic carboxylic acids is 1. The molecule has 1 saturated heterocycles. The van der Waals surface area contributed by atoms with E-state index in [2.05, 4.69) is 5.32 Å². The number of carboxylic acid groups (broad SMARTS) is 1. The van der Waals surface area contributed by atoms with Gasteiger partial charge in [0.2, 0.25) is 5.91 Å². The third kappa shape index (κ3) is 5.36. The van der Waals surface area contributed by atoms with E-state index in [1.54, 1.807) is 4.90 Å². The molecule has 0 bridgehead atoms. The van der Waals surface area contributed by atoms with Crippen LogP contribution >= 0.6 is 12.4 Å². The zero-order valence-corrected chi connectivity index (χ0v) is 12.6. The van der Waals surface area contributed by atoms with E-state index in [-0.39, 0.29) is 24.9 Å². The van der Waals surface area contributed by atoms with Crippen LogP contribution in [-0.2, 0) is 16.1 Å². The Morgan fingerprint density at radius 3 is 2.62 bits per heavy atom. The molecule has 0 saturated carbocycles. The Morgan fingerprint density at radius 1 is 1.24 bits per heavy atom. The molecule has 1 aliphatic rings. The Kier molecular flexibility index (Phi) is 7.19. The first kappa shape index (κ1) is 17.5. The van der Waals surface area contributed by atoms with Crippen LogP contribution in [0.25, 0.3) is 0 Å². The zero-order valence-electron chi connectivity index (χ0n) is 11.8. The second kappa shape index (κ2) is 8.64. The van der Waals surface area contributed by atoms with Crippen molar-refractivity contribution in [2.45, 2.75) is 31.8 Å². The van der Waals surface area contributed by atoms with E-state index >= 15 is 0 Å². The molecule has 2 N–H and O–H groups in total. The van der Waals surface area contributed by atoms with Crippen molar-refractivity contribution in [2.75, 3.05) is 13.1 Å². The Bertz CT molecular complexity index is 467. The number of carbonyl (C=O) groups excluding carboxylic acids is 1. The molecule has 116 valence electrons. The Morgan fingerprint density at radius 2 is 1.95 bits per heavy atom. The topological polar surface area (TPSA) is 69.6 Å². The van der Waals surface area contributed by atoms with Gasteiger partial charge in [-0.3, -0.25) is 14.5 Å². The van der Waals surface area contributed by atoms with Crippen LogP contribution in [0, 0.1) is 0 Å². The van der Waals surface area contributed by atoms with Gasteiger partial charge in [-0.05, 0) is 24.9 Å². The van der Waals surface area contributed by atoms with Crippen molar-refractivity contribution in [3.63, 3.8) is 0 Å². The van der Waals surface area contributed by atoms with E-state index in [0.29, 0.717) is 19.5 Å². The quantitative estimate of drug-likeness (QED) is 0.867. The first-order valence-corrected chi connectivity index (χ1v) is 6.94. The van der Waals surface area contributed by atoms with Gasteiger partial charge in [0.15, 0.2) is 0 Å². The van der Waals surface area contributed by atoms with Crippen LogP contribution in [0.5, 0.6) is 0 Å². The minimum Gasteiger partial charge on any atom is -0.480 e. The Labute approximate surface area is 130 Å². The van der Waals surface area contributed by atoms with E-state index in [1.165, 1.54) is 0 Å². The predicted molar refractivity (Wildman–Crippen MR) is 82.4 cm³/mol. The van der Waals surface area contributed by atoms with Gasteiger partial charge in [0, 0.05) is 6.54 Å². The minimum absolute atomic E-state index is 0. The fourth-order valence-corrected chi connectivity index (χ4v) is 2.50. The highest BCUT2D eigenvalue weighted by molar-refractivity contribution is 5.85. The van der Waals surface area contributed by atoms with E-state index in [9.17, 15) is 9.59 Å². The standard InChI is InChI=1S/C15H20N2O3.ClH/c18-14(16-10-12-6-2-1-3-7-12)11-17-9-5-4-8-13(17)15(19)20;/h1-3,6-7,13H,4-5,8-11H2,(H,16,18)(H,19,20);1H. The summed E-state index contributed by atoms with van der Waals surface area (Å²) in [5, 5.41) is 12.0. The molecule has 0 spiro atoms. The van der Waals surface area contributed by atoms with Crippen molar-refractivity contribution in [3.05, 3.63) is 35.9 Å². The summed E-state index contributed by atoms with van der Waals surface area (Å²) in [5.74, 6) is -0.956. The van der Waals surface area contributed by atoms with Crippen LogP contribution in [0.1, 0.15) is 24.8 Å². The number of hydrogen-bond acceptors (Lipinski definition) is 3. The van der Waals surface area contributed by atoms with Crippen molar-refractivity contribution >= 4 is 24.3 Å². The monoisotopic (exact) mass is 312 g/mol. The number of hydrogen-bond donors (Lipinski definition) is 2. The molecule has 1 amide bonds.